The van der Waals surface area contributed by atoms with E-state index in [1.165, 1.54) is 10.7 Å². The van der Waals surface area contributed by atoms with Gasteiger partial charge in [0.25, 0.3) is 11.8 Å². The maximum atomic E-state index is 12.9. The predicted octanol–water partition coefficient (Wildman–Crippen LogP) is 4.40. The lowest BCUT2D eigenvalue weighted by molar-refractivity contribution is -0.117. The zero-order valence-electron chi connectivity index (χ0n) is 18.9. The van der Waals surface area contributed by atoms with Crippen molar-refractivity contribution in [2.75, 3.05) is 23.0 Å². The number of hydrogen-bond donors (Lipinski definition) is 1. The van der Waals surface area contributed by atoms with Crippen LogP contribution in [0, 0.1) is 13.8 Å². The minimum atomic E-state index is -0.396. The number of nitrogens with one attached hydrogen (secondary N) is 1. The largest absolute Gasteiger partial charge is 0.372 e. The zero-order valence-corrected chi connectivity index (χ0v) is 18.9. The molecule has 0 bridgehead atoms. The Bertz CT molecular complexity index is 1170. The number of hydrogen-bond acceptors (Lipinski definition) is 3. The highest BCUT2D eigenvalue weighted by molar-refractivity contribution is 6.31. The molecule has 1 aliphatic rings. The third kappa shape index (κ3) is 3.80. The second-order valence-corrected chi connectivity index (χ2v) is 7.83. The number of nitrogens with zero attached hydrogens (tertiary/aromatic N) is 3. The van der Waals surface area contributed by atoms with Crippen LogP contribution in [0.3, 0.4) is 0 Å². The maximum absolute atomic E-state index is 12.9. The first-order valence-electron chi connectivity index (χ1n) is 10.9. The second-order valence-electron chi connectivity index (χ2n) is 7.83. The van der Waals surface area contributed by atoms with Crippen molar-refractivity contribution in [1.29, 1.82) is 0 Å². The van der Waals surface area contributed by atoms with E-state index in [0.717, 1.165) is 35.7 Å². The highest BCUT2D eigenvalue weighted by atomic mass is 16.2. The Hall–Kier alpha value is -3.80. The summed E-state index contributed by atoms with van der Waals surface area (Å²) in [6.45, 7) is 10.3. The van der Waals surface area contributed by atoms with Gasteiger partial charge in [0, 0.05) is 35.9 Å². The van der Waals surface area contributed by atoms with Crippen LogP contribution in [0.2, 0.25) is 0 Å². The molecule has 0 radical (unpaired) electrons. The fourth-order valence-electron chi connectivity index (χ4n) is 4.20. The molecule has 1 saturated heterocycles. The van der Waals surface area contributed by atoms with E-state index in [-0.39, 0.29) is 11.5 Å². The van der Waals surface area contributed by atoms with E-state index >= 15 is 0 Å². The summed E-state index contributed by atoms with van der Waals surface area (Å²) in [5.74, 6) is -0.748. The Labute approximate surface area is 188 Å². The Morgan fingerprint density at radius 3 is 2.19 bits per heavy atom. The lowest BCUT2D eigenvalue weighted by atomic mass is 10.1. The molecule has 6 nitrogen and oxygen atoms in total. The van der Waals surface area contributed by atoms with Gasteiger partial charge in [-0.3, -0.25) is 15.0 Å². The van der Waals surface area contributed by atoms with Crippen molar-refractivity contribution in [2.45, 2.75) is 27.7 Å². The number of rotatable bonds is 6. The number of anilines is 2. The van der Waals surface area contributed by atoms with Gasteiger partial charge in [-0.1, -0.05) is 18.2 Å². The van der Waals surface area contributed by atoms with E-state index in [0.29, 0.717) is 5.69 Å². The average Bonchev–Trinajstić information content (AvgIpc) is 3.25. The summed E-state index contributed by atoms with van der Waals surface area (Å²) in [6.07, 6.45) is 1.68. The first-order chi connectivity index (χ1) is 15.4. The van der Waals surface area contributed by atoms with E-state index in [1.807, 2.05) is 38.1 Å². The number of aryl methyl sites for hydroxylation is 1. The molecule has 3 aromatic rings. The Balaban J connectivity index is 1.66. The van der Waals surface area contributed by atoms with Gasteiger partial charge >= 0.3 is 0 Å². The molecule has 6 heteroatoms. The zero-order chi connectivity index (χ0) is 22.8. The molecule has 0 atom stereocenters. The molecule has 164 valence electrons. The summed E-state index contributed by atoms with van der Waals surface area (Å²) in [5.41, 5.74) is 8.53. The van der Waals surface area contributed by atoms with E-state index in [1.54, 1.807) is 18.2 Å². The molecular formula is C26H28N4O2. The van der Waals surface area contributed by atoms with Crippen LogP contribution in [0.5, 0.6) is 0 Å². The van der Waals surface area contributed by atoms with Crippen LogP contribution in [0.25, 0.3) is 11.8 Å². The van der Waals surface area contributed by atoms with Crippen molar-refractivity contribution >= 4 is 29.3 Å². The van der Waals surface area contributed by atoms with E-state index in [4.69, 9.17) is 0 Å². The first kappa shape index (κ1) is 21.4. The van der Waals surface area contributed by atoms with Crippen LogP contribution >= 0.6 is 0 Å². The first-order valence-corrected chi connectivity index (χ1v) is 10.9. The van der Waals surface area contributed by atoms with Crippen molar-refractivity contribution in [3.8, 4) is 5.69 Å². The number of amides is 2. The minimum Gasteiger partial charge on any atom is -0.372 e. The van der Waals surface area contributed by atoms with E-state index in [2.05, 4.69) is 53.0 Å². The number of carbonyl (C=O) groups is 2. The van der Waals surface area contributed by atoms with Crippen molar-refractivity contribution < 1.29 is 9.59 Å². The highest BCUT2D eigenvalue weighted by Gasteiger charge is 2.34. The molecule has 1 N–H and O–H groups in total. The van der Waals surface area contributed by atoms with Crippen LogP contribution in [0.1, 0.15) is 30.8 Å². The molecule has 0 saturated carbocycles. The second kappa shape index (κ2) is 8.75. The molecule has 2 heterocycles. The van der Waals surface area contributed by atoms with Gasteiger partial charge in [-0.15, -0.1) is 0 Å². The number of benzene rings is 2. The van der Waals surface area contributed by atoms with Crippen LogP contribution < -0.4 is 15.3 Å². The van der Waals surface area contributed by atoms with Crippen LogP contribution in [-0.4, -0.2) is 29.5 Å². The third-order valence-electron chi connectivity index (χ3n) is 5.91. The lowest BCUT2D eigenvalue weighted by Crippen LogP contribution is -2.35. The molecule has 1 fully saturated rings. The average molecular weight is 429 g/mol. The van der Waals surface area contributed by atoms with Crippen molar-refractivity contribution in [3.63, 3.8) is 0 Å². The van der Waals surface area contributed by atoms with Crippen molar-refractivity contribution in [1.82, 2.24) is 9.99 Å². The summed E-state index contributed by atoms with van der Waals surface area (Å²) in [4.78, 5) is 27.8. The molecule has 32 heavy (non-hydrogen) atoms. The quantitative estimate of drug-likeness (QED) is 0.468. The number of aromatic nitrogens is 1. The van der Waals surface area contributed by atoms with Gasteiger partial charge in [0.15, 0.2) is 0 Å². The van der Waals surface area contributed by atoms with Gasteiger partial charge in [0.1, 0.15) is 5.57 Å². The number of carbonyl (C=O) groups excluding carboxylic acids is 2. The topological polar surface area (TPSA) is 57.6 Å². The number of hydrazine groups is 1. The van der Waals surface area contributed by atoms with Crippen LogP contribution in [-0.2, 0) is 9.59 Å². The van der Waals surface area contributed by atoms with Gasteiger partial charge in [0.05, 0.1) is 5.69 Å². The third-order valence-corrected chi connectivity index (χ3v) is 5.91. The van der Waals surface area contributed by atoms with Gasteiger partial charge < -0.3 is 9.47 Å². The smallest absolute Gasteiger partial charge is 0.282 e. The van der Waals surface area contributed by atoms with Gasteiger partial charge in [-0.2, -0.15) is 0 Å². The monoisotopic (exact) mass is 428 g/mol. The fraction of sp³-hybridized carbons (Fsp3) is 0.231. The summed E-state index contributed by atoms with van der Waals surface area (Å²) in [7, 11) is 0. The van der Waals surface area contributed by atoms with Gasteiger partial charge in [0.2, 0.25) is 0 Å². The summed E-state index contributed by atoms with van der Waals surface area (Å²) in [6, 6.07) is 19.6. The minimum absolute atomic E-state index is 0.131. The summed E-state index contributed by atoms with van der Waals surface area (Å²) in [5, 5.41) is 1.29. The highest BCUT2D eigenvalue weighted by Crippen LogP contribution is 2.27. The van der Waals surface area contributed by atoms with Crippen molar-refractivity contribution in [3.05, 3.63) is 83.2 Å². The predicted molar refractivity (Wildman–Crippen MR) is 129 cm³/mol. The fourth-order valence-corrected chi connectivity index (χ4v) is 4.20. The van der Waals surface area contributed by atoms with Gasteiger partial charge in [-0.05, 0) is 81.8 Å². The molecule has 0 aliphatic carbocycles. The molecule has 0 unspecified atom stereocenters. The number of para-hydroxylation sites is 1. The van der Waals surface area contributed by atoms with Crippen molar-refractivity contribution in [2.24, 2.45) is 0 Å². The molecule has 0 spiro atoms. The normalized spacial score (nSPS) is 14.9. The molecule has 1 aromatic heterocycles. The molecule has 4 rings (SSSR count). The van der Waals surface area contributed by atoms with Crippen LogP contribution in [0.4, 0.5) is 11.4 Å². The standard InChI is InChI=1S/C26H28N4O2/c1-5-28(6-2)21-12-14-22(15-13-21)29-18(3)16-20(19(29)4)17-24-25(31)27-30(26(24)32)23-10-8-7-9-11-23/h7-17H,5-6H2,1-4H3,(H,27,31)/b24-17-. The summed E-state index contributed by atoms with van der Waals surface area (Å²) < 4.78 is 2.14. The molecular weight excluding hydrogens is 400 g/mol. The molecule has 2 amide bonds. The maximum Gasteiger partial charge on any atom is 0.282 e. The Morgan fingerprint density at radius 2 is 1.56 bits per heavy atom. The SMILES string of the molecule is CCN(CC)c1ccc(-n2c(C)cc(/C=C3/C(=O)NN(c4ccccc4)C3=O)c2C)cc1. The lowest BCUT2D eigenvalue weighted by Gasteiger charge is -2.21. The summed E-state index contributed by atoms with van der Waals surface area (Å²) >= 11 is 0. The molecule has 1 aliphatic heterocycles. The van der Waals surface area contributed by atoms with Crippen LogP contribution in [0.15, 0.2) is 66.2 Å². The van der Waals surface area contributed by atoms with Gasteiger partial charge in [-0.25, -0.2) is 5.01 Å². The van der Waals surface area contributed by atoms with E-state index in [9.17, 15) is 9.59 Å². The molecule has 2 aromatic carbocycles. The van der Waals surface area contributed by atoms with E-state index < -0.39 is 5.91 Å². The Morgan fingerprint density at radius 1 is 0.906 bits per heavy atom. The Kier molecular flexibility index (Phi) is 5.86.